The van der Waals surface area contributed by atoms with Crippen LogP contribution in [0.5, 0.6) is 11.5 Å². The maximum atomic E-state index is 11.9. The van der Waals surface area contributed by atoms with Gasteiger partial charge in [0.05, 0.1) is 12.8 Å². The predicted octanol–water partition coefficient (Wildman–Crippen LogP) is 5.33. The highest BCUT2D eigenvalue weighted by Gasteiger charge is 2.02. The van der Waals surface area contributed by atoms with E-state index in [9.17, 15) is 4.79 Å². The van der Waals surface area contributed by atoms with Gasteiger partial charge in [-0.05, 0) is 59.2 Å². The van der Waals surface area contributed by atoms with Gasteiger partial charge < -0.3 is 9.47 Å². The molecule has 0 aliphatic heterocycles. The lowest BCUT2D eigenvalue weighted by molar-refractivity contribution is -0.123. The molecule has 156 valence electrons. The van der Waals surface area contributed by atoms with Gasteiger partial charge in [0.1, 0.15) is 11.5 Å². The number of carbonyl (C=O) groups is 1. The molecule has 0 aromatic heterocycles. The van der Waals surface area contributed by atoms with Crippen LogP contribution in [0.2, 0.25) is 0 Å². The topological polar surface area (TPSA) is 59.9 Å². The third-order valence-corrected chi connectivity index (χ3v) is 4.64. The third kappa shape index (κ3) is 6.92. The Kier molecular flexibility index (Phi) is 8.27. The van der Waals surface area contributed by atoms with Gasteiger partial charge in [0.2, 0.25) is 0 Å². The van der Waals surface area contributed by atoms with Crippen LogP contribution in [0.3, 0.4) is 0 Å². The number of ether oxygens (including phenoxy) is 2. The van der Waals surface area contributed by atoms with Crippen LogP contribution in [0.25, 0.3) is 10.8 Å². The number of nitrogens with zero attached hydrogens (tertiary/aromatic N) is 1. The number of amides is 1. The quantitative estimate of drug-likeness (QED) is 0.267. The normalized spacial score (nSPS) is 11.0. The number of hydrogen-bond donors (Lipinski definition) is 1. The van der Waals surface area contributed by atoms with Gasteiger partial charge in [0, 0.05) is 0 Å². The highest BCUT2D eigenvalue weighted by Crippen LogP contribution is 2.20. The first kappa shape index (κ1) is 21.4. The van der Waals surface area contributed by atoms with Gasteiger partial charge in [0.15, 0.2) is 6.61 Å². The molecule has 30 heavy (non-hydrogen) atoms. The smallest absolute Gasteiger partial charge is 0.277 e. The Morgan fingerprint density at radius 1 is 0.900 bits per heavy atom. The molecule has 1 amide bonds. The fraction of sp³-hybridized carbons (Fsp3) is 0.280. The fourth-order valence-corrected chi connectivity index (χ4v) is 2.99. The van der Waals surface area contributed by atoms with Crippen molar-refractivity contribution in [2.24, 2.45) is 5.10 Å². The zero-order valence-corrected chi connectivity index (χ0v) is 17.3. The first-order chi connectivity index (χ1) is 14.7. The second kappa shape index (κ2) is 11.6. The summed E-state index contributed by atoms with van der Waals surface area (Å²) >= 11 is 0. The second-order valence-electron chi connectivity index (χ2n) is 7.07. The Bertz CT molecular complexity index is 968. The summed E-state index contributed by atoms with van der Waals surface area (Å²) in [5, 5.41) is 6.19. The summed E-state index contributed by atoms with van der Waals surface area (Å²) in [6, 6.07) is 21.4. The number of hydrogen-bond acceptors (Lipinski definition) is 4. The summed E-state index contributed by atoms with van der Waals surface area (Å²) in [5.41, 5.74) is 3.36. The lowest BCUT2D eigenvalue weighted by Crippen LogP contribution is -2.24. The summed E-state index contributed by atoms with van der Waals surface area (Å²) in [4.78, 5) is 11.9. The van der Waals surface area contributed by atoms with Crippen LogP contribution in [0.4, 0.5) is 0 Å². The number of fused-ring (bicyclic) bond motifs is 1. The van der Waals surface area contributed by atoms with Crippen molar-refractivity contribution in [1.82, 2.24) is 5.43 Å². The van der Waals surface area contributed by atoms with Crippen LogP contribution in [-0.4, -0.2) is 25.3 Å². The second-order valence-corrected chi connectivity index (χ2v) is 7.07. The zero-order valence-electron chi connectivity index (χ0n) is 17.3. The summed E-state index contributed by atoms with van der Waals surface area (Å²) in [6.07, 6.45) is 6.34. The van der Waals surface area contributed by atoms with Crippen LogP contribution in [-0.2, 0) is 4.79 Å². The summed E-state index contributed by atoms with van der Waals surface area (Å²) in [6.45, 7) is 2.84. The van der Waals surface area contributed by atoms with Crippen molar-refractivity contribution in [3.05, 3.63) is 72.3 Å². The van der Waals surface area contributed by atoms with Gasteiger partial charge in [-0.3, -0.25) is 4.79 Å². The van der Waals surface area contributed by atoms with Crippen molar-refractivity contribution >= 4 is 22.9 Å². The maximum Gasteiger partial charge on any atom is 0.277 e. The molecule has 0 unspecified atom stereocenters. The van der Waals surface area contributed by atoms with E-state index >= 15 is 0 Å². The minimum atomic E-state index is -0.313. The lowest BCUT2D eigenvalue weighted by Gasteiger charge is -2.06. The summed E-state index contributed by atoms with van der Waals surface area (Å²) in [7, 11) is 0. The monoisotopic (exact) mass is 404 g/mol. The minimum absolute atomic E-state index is 0.0967. The number of nitrogens with one attached hydrogen (secondary N) is 1. The van der Waals surface area contributed by atoms with Gasteiger partial charge >= 0.3 is 0 Å². The SMILES string of the molecule is CCCCCCOc1ccc(/C=N/NC(=O)COc2ccc3ccccc3c2)cc1. The van der Waals surface area contributed by atoms with E-state index in [1.165, 1.54) is 19.3 Å². The van der Waals surface area contributed by atoms with Crippen LogP contribution >= 0.6 is 0 Å². The van der Waals surface area contributed by atoms with Crippen molar-refractivity contribution in [3.63, 3.8) is 0 Å². The summed E-state index contributed by atoms with van der Waals surface area (Å²) in [5.74, 6) is 1.18. The Balaban J connectivity index is 1.39. The molecule has 0 bridgehead atoms. The predicted molar refractivity (Wildman–Crippen MR) is 121 cm³/mol. The Morgan fingerprint density at radius 2 is 1.67 bits per heavy atom. The molecule has 0 saturated carbocycles. The van der Waals surface area contributed by atoms with Crippen molar-refractivity contribution in [2.45, 2.75) is 32.6 Å². The van der Waals surface area contributed by atoms with Crippen molar-refractivity contribution in [3.8, 4) is 11.5 Å². The fourth-order valence-electron chi connectivity index (χ4n) is 2.99. The van der Waals surface area contributed by atoms with E-state index < -0.39 is 0 Å². The highest BCUT2D eigenvalue weighted by atomic mass is 16.5. The standard InChI is InChI=1S/C25H28N2O3/c1-2-3-4-7-16-29-23-13-10-20(11-14-23)18-26-27-25(28)19-30-24-15-12-21-8-5-6-9-22(21)17-24/h5-6,8-15,17-18H,2-4,7,16,19H2,1H3,(H,27,28)/b26-18+. The molecule has 3 aromatic carbocycles. The number of hydrazone groups is 1. The first-order valence-corrected chi connectivity index (χ1v) is 10.4. The highest BCUT2D eigenvalue weighted by molar-refractivity contribution is 5.84. The molecular formula is C25H28N2O3. The molecule has 1 N–H and O–H groups in total. The van der Waals surface area contributed by atoms with Gasteiger partial charge in [0.25, 0.3) is 5.91 Å². The third-order valence-electron chi connectivity index (χ3n) is 4.64. The van der Waals surface area contributed by atoms with E-state index in [-0.39, 0.29) is 12.5 Å². The molecular weight excluding hydrogens is 376 g/mol. The lowest BCUT2D eigenvalue weighted by atomic mass is 10.1. The van der Waals surface area contributed by atoms with E-state index in [0.717, 1.165) is 35.1 Å². The van der Waals surface area contributed by atoms with Crippen LogP contribution in [0, 0.1) is 0 Å². The molecule has 3 rings (SSSR count). The van der Waals surface area contributed by atoms with Crippen LogP contribution in [0.15, 0.2) is 71.8 Å². The summed E-state index contributed by atoms with van der Waals surface area (Å²) < 4.78 is 11.3. The van der Waals surface area contributed by atoms with Gasteiger partial charge in [-0.25, -0.2) is 5.43 Å². The van der Waals surface area contributed by atoms with E-state index in [2.05, 4.69) is 17.5 Å². The molecule has 0 atom stereocenters. The van der Waals surface area contributed by atoms with Gasteiger partial charge in [-0.1, -0.05) is 56.5 Å². The van der Waals surface area contributed by atoms with Crippen molar-refractivity contribution in [1.29, 1.82) is 0 Å². The average Bonchev–Trinajstić information content (AvgIpc) is 2.78. The zero-order chi connectivity index (χ0) is 21.0. The van der Waals surface area contributed by atoms with E-state index in [0.29, 0.717) is 5.75 Å². The van der Waals surface area contributed by atoms with E-state index in [1.807, 2.05) is 66.7 Å². The molecule has 0 fully saturated rings. The largest absolute Gasteiger partial charge is 0.494 e. The number of unbranched alkanes of at least 4 members (excludes halogenated alkanes) is 3. The molecule has 5 heteroatoms. The molecule has 0 aliphatic carbocycles. The molecule has 0 spiro atoms. The Labute approximate surface area is 177 Å². The molecule has 3 aromatic rings. The van der Waals surface area contributed by atoms with Crippen molar-refractivity contribution in [2.75, 3.05) is 13.2 Å². The number of rotatable bonds is 11. The molecule has 0 aliphatic rings. The number of carbonyl (C=O) groups excluding carboxylic acids is 1. The molecule has 0 saturated heterocycles. The maximum absolute atomic E-state index is 11.9. The number of benzene rings is 3. The molecule has 5 nitrogen and oxygen atoms in total. The first-order valence-electron chi connectivity index (χ1n) is 10.4. The van der Waals surface area contributed by atoms with E-state index in [1.54, 1.807) is 6.21 Å². The average molecular weight is 405 g/mol. The Morgan fingerprint density at radius 3 is 2.47 bits per heavy atom. The van der Waals surface area contributed by atoms with Crippen LogP contribution < -0.4 is 14.9 Å². The van der Waals surface area contributed by atoms with E-state index in [4.69, 9.17) is 9.47 Å². The Hall–Kier alpha value is -3.34. The van der Waals surface area contributed by atoms with Gasteiger partial charge in [-0.15, -0.1) is 0 Å². The molecule has 0 radical (unpaired) electrons. The minimum Gasteiger partial charge on any atom is -0.494 e. The molecule has 0 heterocycles. The van der Waals surface area contributed by atoms with Gasteiger partial charge in [-0.2, -0.15) is 5.10 Å². The van der Waals surface area contributed by atoms with Crippen molar-refractivity contribution < 1.29 is 14.3 Å². The van der Waals surface area contributed by atoms with Crippen LogP contribution in [0.1, 0.15) is 38.2 Å².